The van der Waals surface area contributed by atoms with Crippen LogP contribution in [0.1, 0.15) is 22.3 Å². The zero-order chi connectivity index (χ0) is 40.5. The van der Waals surface area contributed by atoms with Gasteiger partial charge in [0.15, 0.2) is 5.58 Å². The fourth-order valence-electron chi connectivity index (χ4n) is 11.4. The second-order valence-electron chi connectivity index (χ2n) is 16.7. The third-order valence-corrected chi connectivity index (χ3v) is 13.8. The van der Waals surface area contributed by atoms with E-state index in [0.717, 1.165) is 50.1 Å². The van der Waals surface area contributed by atoms with Crippen molar-refractivity contribution in [1.29, 1.82) is 0 Å². The Balaban J connectivity index is 1.08. The fourth-order valence-corrected chi connectivity index (χ4v) is 11.4. The van der Waals surface area contributed by atoms with Crippen molar-refractivity contribution in [2.45, 2.75) is 5.41 Å². The van der Waals surface area contributed by atoms with Crippen molar-refractivity contribution in [3.05, 3.63) is 241 Å². The van der Waals surface area contributed by atoms with E-state index in [1.807, 2.05) is 0 Å². The van der Waals surface area contributed by atoms with Gasteiger partial charge in [0, 0.05) is 38.5 Å². The lowest BCUT2D eigenvalue weighted by atomic mass is 9.70. The molecule has 62 heavy (non-hydrogen) atoms. The number of para-hydroxylation sites is 3. The SMILES string of the molecule is c1ccc2c(c1)-c1ccccc1C21c2ccccc2-c2c(N(c3ccc(-n4c5ccccc5c5ccccc54)cc3)c3cc4ccccc4c4c3oc3ccccc34)cccc21. The average molecular weight is 789 g/mol. The van der Waals surface area contributed by atoms with Gasteiger partial charge in [-0.05, 0) is 104 Å². The van der Waals surface area contributed by atoms with Crippen LogP contribution < -0.4 is 4.90 Å². The van der Waals surface area contributed by atoms with E-state index in [1.54, 1.807) is 0 Å². The van der Waals surface area contributed by atoms with Gasteiger partial charge in [-0.1, -0.05) is 164 Å². The van der Waals surface area contributed by atoms with Crippen LogP contribution in [0.5, 0.6) is 0 Å². The molecule has 0 saturated carbocycles. The third-order valence-electron chi connectivity index (χ3n) is 13.8. The maximum absolute atomic E-state index is 7.02. The molecule has 14 rings (SSSR count). The number of aromatic nitrogens is 1. The quantitative estimate of drug-likeness (QED) is 0.177. The largest absolute Gasteiger partial charge is 0.454 e. The zero-order valence-corrected chi connectivity index (χ0v) is 33.6. The predicted octanol–water partition coefficient (Wildman–Crippen LogP) is 15.6. The lowest BCUT2D eigenvalue weighted by Gasteiger charge is -2.32. The molecular formula is C59H36N2O. The summed E-state index contributed by atoms with van der Waals surface area (Å²) in [7, 11) is 0. The second-order valence-corrected chi connectivity index (χ2v) is 16.7. The fraction of sp³-hybridized carbons (Fsp3) is 0.0169. The lowest BCUT2D eigenvalue weighted by Crippen LogP contribution is -2.26. The van der Waals surface area contributed by atoms with Crippen LogP contribution in [-0.2, 0) is 5.41 Å². The minimum Gasteiger partial charge on any atom is -0.454 e. The average Bonchev–Trinajstić information content (AvgIpc) is 4.07. The van der Waals surface area contributed by atoms with E-state index in [-0.39, 0.29) is 0 Å². The Labute approximate surface area is 358 Å². The Morgan fingerprint density at radius 3 is 1.63 bits per heavy atom. The summed E-state index contributed by atoms with van der Waals surface area (Å²) < 4.78 is 9.41. The molecule has 0 aliphatic heterocycles. The molecule has 288 valence electrons. The number of benzene rings is 10. The van der Waals surface area contributed by atoms with Crippen LogP contribution in [0.3, 0.4) is 0 Å². The number of anilines is 3. The Kier molecular flexibility index (Phi) is 6.76. The highest BCUT2D eigenvalue weighted by molar-refractivity contribution is 6.23. The van der Waals surface area contributed by atoms with Crippen molar-refractivity contribution in [1.82, 2.24) is 4.57 Å². The minimum atomic E-state index is -0.473. The summed E-state index contributed by atoms with van der Waals surface area (Å²) in [5.41, 5.74) is 18.3. The van der Waals surface area contributed by atoms with E-state index in [2.05, 4.69) is 228 Å². The van der Waals surface area contributed by atoms with Crippen LogP contribution in [0.4, 0.5) is 17.1 Å². The van der Waals surface area contributed by atoms with Crippen LogP contribution in [0.2, 0.25) is 0 Å². The van der Waals surface area contributed by atoms with Gasteiger partial charge in [0.1, 0.15) is 5.58 Å². The van der Waals surface area contributed by atoms with E-state index in [1.165, 1.54) is 71.7 Å². The van der Waals surface area contributed by atoms with Crippen LogP contribution in [0.25, 0.3) is 82.5 Å². The highest BCUT2D eigenvalue weighted by Crippen LogP contribution is 2.65. The number of hydrogen-bond acceptors (Lipinski definition) is 2. The second kappa shape index (κ2) is 12.4. The van der Waals surface area contributed by atoms with Gasteiger partial charge < -0.3 is 13.9 Å². The normalized spacial score (nSPS) is 13.3. The summed E-state index contributed by atoms with van der Waals surface area (Å²) >= 11 is 0. The Morgan fingerprint density at radius 1 is 0.403 bits per heavy atom. The molecule has 0 bridgehead atoms. The van der Waals surface area contributed by atoms with Gasteiger partial charge in [-0.25, -0.2) is 0 Å². The maximum atomic E-state index is 7.02. The molecule has 12 aromatic rings. The van der Waals surface area contributed by atoms with E-state index >= 15 is 0 Å². The lowest BCUT2D eigenvalue weighted by molar-refractivity contribution is 0.669. The topological polar surface area (TPSA) is 21.3 Å². The van der Waals surface area contributed by atoms with Gasteiger partial charge >= 0.3 is 0 Å². The van der Waals surface area contributed by atoms with E-state index < -0.39 is 5.41 Å². The number of nitrogens with zero attached hydrogens (tertiary/aromatic N) is 2. The molecule has 1 spiro atoms. The smallest absolute Gasteiger partial charge is 0.160 e. The first-order valence-electron chi connectivity index (χ1n) is 21.4. The maximum Gasteiger partial charge on any atom is 0.160 e. The first kappa shape index (κ1) is 33.7. The molecular weight excluding hydrogens is 753 g/mol. The Hall–Kier alpha value is -8.14. The van der Waals surface area contributed by atoms with Gasteiger partial charge in [-0.2, -0.15) is 0 Å². The van der Waals surface area contributed by atoms with E-state index in [4.69, 9.17) is 4.42 Å². The molecule has 2 aromatic heterocycles. The summed E-state index contributed by atoms with van der Waals surface area (Å²) in [6.07, 6.45) is 0. The standard InChI is InChI=1S/C59H36N2O/c1-2-17-40-37(16-1)36-54(58-56(40)46-23-8-14-31-55(46)62-58)61(39-34-32-38(33-35-39)60-51-28-12-6-20-43(51)44-21-7-13-29-52(44)60)53-30-15-27-50-57(53)45-22-5-11-26-49(45)59(50)47-24-9-3-18-41(47)42-19-4-10-25-48(42)59/h1-36H. The molecule has 2 heterocycles. The van der Waals surface area contributed by atoms with Gasteiger partial charge in [0.2, 0.25) is 0 Å². The number of hydrogen-bond donors (Lipinski definition) is 0. The molecule has 2 aliphatic rings. The van der Waals surface area contributed by atoms with Gasteiger partial charge in [0.05, 0.1) is 27.8 Å². The third kappa shape index (κ3) is 4.29. The molecule has 2 aliphatic carbocycles. The summed E-state index contributed by atoms with van der Waals surface area (Å²) in [6, 6.07) is 80.2. The predicted molar refractivity (Wildman–Crippen MR) is 257 cm³/mol. The summed E-state index contributed by atoms with van der Waals surface area (Å²) in [6.45, 7) is 0. The van der Waals surface area contributed by atoms with Crippen molar-refractivity contribution >= 4 is 71.6 Å². The molecule has 0 fully saturated rings. The molecule has 0 unspecified atom stereocenters. The summed E-state index contributed by atoms with van der Waals surface area (Å²) in [5.74, 6) is 0. The van der Waals surface area contributed by atoms with Crippen molar-refractivity contribution < 1.29 is 4.42 Å². The number of fused-ring (bicyclic) bond motifs is 18. The molecule has 0 saturated heterocycles. The molecule has 10 aromatic carbocycles. The zero-order valence-electron chi connectivity index (χ0n) is 33.6. The first-order chi connectivity index (χ1) is 30.8. The molecule has 0 amide bonds. The summed E-state index contributed by atoms with van der Waals surface area (Å²) in [5, 5.41) is 7.09. The molecule has 0 N–H and O–H groups in total. The van der Waals surface area contributed by atoms with Crippen molar-refractivity contribution in [3.8, 4) is 27.9 Å². The minimum absolute atomic E-state index is 0.473. The molecule has 3 heteroatoms. The van der Waals surface area contributed by atoms with Gasteiger partial charge in [0.25, 0.3) is 0 Å². The Bertz CT molecular complexity index is 3730. The van der Waals surface area contributed by atoms with Crippen molar-refractivity contribution in [3.63, 3.8) is 0 Å². The Morgan fingerprint density at radius 2 is 0.935 bits per heavy atom. The highest BCUT2D eigenvalue weighted by Gasteiger charge is 2.52. The molecule has 0 atom stereocenters. The van der Waals surface area contributed by atoms with E-state index in [9.17, 15) is 0 Å². The van der Waals surface area contributed by atoms with Gasteiger partial charge in [-0.3, -0.25) is 0 Å². The van der Waals surface area contributed by atoms with Crippen LogP contribution >= 0.6 is 0 Å². The van der Waals surface area contributed by atoms with Crippen LogP contribution in [-0.4, -0.2) is 4.57 Å². The molecule has 0 radical (unpaired) electrons. The van der Waals surface area contributed by atoms with Crippen molar-refractivity contribution in [2.24, 2.45) is 0 Å². The highest BCUT2D eigenvalue weighted by atomic mass is 16.3. The van der Waals surface area contributed by atoms with Crippen LogP contribution in [0.15, 0.2) is 223 Å². The van der Waals surface area contributed by atoms with Crippen molar-refractivity contribution in [2.75, 3.05) is 4.90 Å². The van der Waals surface area contributed by atoms with E-state index in [0.29, 0.717) is 0 Å². The summed E-state index contributed by atoms with van der Waals surface area (Å²) in [4.78, 5) is 2.47. The monoisotopic (exact) mass is 788 g/mol. The number of furan rings is 1. The molecule has 3 nitrogen and oxygen atoms in total. The number of rotatable bonds is 4. The van der Waals surface area contributed by atoms with Gasteiger partial charge in [-0.15, -0.1) is 0 Å². The first-order valence-corrected chi connectivity index (χ1v) is 21.4. The van der Waals surface area contributed by atoms with Crippen LogP contribution in [0, 0.1) is 0 Å².